The topological polar surface area (TPSA) is 81.4 Å². The van der Waals surface area contributed by atoms with Crippen LogP contribution in [-0.4, -0.2) is 32.6 Å². The van der Waals surface area contributed by atoms with Gasteiger partial charge in [-0.25, -0.2) is 4.98 Å². The quantitative estimate of drug-likeness (QED) is 0.487. The van der Waals surface area contributed by atoms with Gasteiger partial charge in [0.15, 0.2) is 0 Å². The van der Waals surface area contributed by atoms with Gasteiger partial charge >= 0.3 is 0 Å². The SMILES string of the molecule is CCc1cc(Sc2ccc(NC(=O)c3cccc(OC)c3)cc2)n2ncnc2n1. The van der Waals surface area contributed by atoms with Gasteiger partial charge in [0.1, 0.15) is 17.1 Å². The molecular weight excluding hydrogens is 386 g/mol. The number of carbonyl (C=O) groups excluding carboxylic acids is 1. The highest BCUT2D eigenvalue weighted by Crippen LogP contribution is 2.29. The molecule has 0 spiro atoms. The first kappa shape index (κ1) is 18.9. The first-order chi connectivity index (χ1) is 14.2. The summed E-state index contributed by atoms with van der Waals surface area (Å²) >= 11 is 1.57. The molecule has 0 aliphatic heterocycles. The lowest BCUT2D eigenvalue weighted by molar-refractivity contribution is 0.102. The highest BCUT2D eigenvalue weighted by Gasteiger charge is 2.10. The average Bonchev–Trinajstić information content (AvgIpc) is 3.24. The third-order valence-electron chi connectivity index (χ3n) is 4.30. The van der Waals surface area contributed by atoms with Crippen LogP contribution < -0.4 is 10.1 Å². The summed E-state index contributed by atoms with van der Waals surface area (Å²) in [5, 5.41) is 8.10. The van der Waals surface area contributed by atoms with E-state index in [9.17, 15) is 4.79 Å². The smallest absolute Gasteiger partial charge is 0.255 e. The molecular formula is C21H19N5O2S. The Labute approximate surface area is 172 Å². The normalized spacial score (nSPS) is 10.8. The molecule has 0 aliphatic carbocycles. The Morgan fingerprint density at radius 2 is 2.00 bits per heavy atom. The predicted octanol–water partition coefficient (Wildman–Crippen LogP) is 4.10. The second-order valence-electron chi connectivity index (χ2n) is 6.22. The van der Waals surface area contributed by atoms with E-state index in [0.717, 1.165) is 27.7 Å². The molecule has 2 aromatic carbocycles. The first-order valence-electron chi connectivity index (χ1n) is 9.09. The van der Waals surface area contributed by atoms with E-state index in [-0.39, 0.29) is 5.91 Å². The Morgan fingerprint density at radius 3 is 2.76 bits per heavy atom. The predicted molar refractivity (Wildman–Crippen MR) is 112 cm³/mol. The molecule has 0 unspecified atom stereocenters. The van der Waals surface area contributed by atoms with Gasteiger partial charge in [-0.2, -0.15) is 14.6 Å². The minimum atomic E-state index is -0.185. The van der Waals surface area contributed by atoms with Crippen molar-refractivity contribution in [2.24, 2.45) is 0 Å². The molecule has 2 aromatic heterocycles. The highest BCUT2D eigenvalue weighted by molar-refractivity contribution is 7.99. The molecule has 0 bridgehead atoms. The Balaban J connectivity index is 1.50. The lowest BCUT2D eigenvalue weighted by Crippen LogP contribution is -2.11. The number of amides is 1. The highest BCUT2D eigenvalue weighted by atomic mass is 32.2. The largest absolute Gasteiger partial charge is 0.497 e. The van der Waals surface area contributed by atoms with Crippen molar-refractivity contribution in [1.29, 1.82) is 0 Å². The number of benzene rings is 2. The summed E-state index contributed by atoms with van der Waals surface area (Å²) in [7, 11) is 1.58. The number of nitrogens with zero attached hydrogens (tertiary/aromatic N) is 4. The van der Waals surface area contributed by atoms with Crippen LogP contribution in [0.3, 0.4) is 0 Å². The van der Waals surface area contributed by atoms with E-state index in [0.29, 0.717) is 17.1 Å². The van der Waals surface area contributed by atoms with Gasteiger partial charge in [-0.1, -0.05) is 24.8 Å². The van der Waals surface area contributed by atoms with Gasteiger partial charge in [-0.3, -0.25) is 4.79 Å². The van der Waals surface area contributed by atoms with E-state index in [1.54, 1.807) is 47.7 Å². The number of nitrogens with one attached hydrogen (secondary N) is 1. The van der Waals surface area contributed by atoms with Crippen LogP contribution in [0.4, 0.5) is 5.69 Å². The molecule has 1 N–H and O–H groups in total. The number of ether oxygens (including phenoxy) is 1. The van der Waals surface area contributed by atoms with Crippen LogP contribution in [-0.2, 0) is 6.42 Å². The van der Waals surface area contributed by atoms with E-state index in [1.807, 2.05) is 30.3 Å². The van der Waals surface area contributed by atoms with Gasteiger partial charge in [0.25, 0.3) is 11.7 Å². The van der Waals surface area contributed by atoms with Crippen LogP contribution in [0.15, 0.2) is 70.8 Å². The standard InChI is InChI=1S/C21H19N5O2S/c1-3-15-12-19(26-21(25-15)22-13-23-26)29-18-9-7-16(8-10-18)24-20(27)14-5-4-6-17(11-14)28-2/h4-13H,3H2,1-2H3,(H,24,27). The maximum absolute atomic E-state index is 12.4. The average molecular weight is 405 g/mol. The third kappa shape index (κ3) is 4.22. The minimum Gasteiger partial charge on any atom is -0.497 e. The van der Waals surface area contributed by atoms with E-state index >= 15 is 0 Å². The monoisotopic (exact) mass is 405 g/mol. The lowest BCUT2D eigenvalue weighted by atomic mass is 10.2. The fraction of sp³-hybridized carbons (Fsp3) is 0.143. The molecule has 7 nitrogen and oxygen atoms in total. The molecule has 0 saturated heterocycles. The Kier molecular flexibility index (Phi) is 5.44. The lowest BCUT2D eigenvalue weighted by Gasteiger charge is -2.09. The molecule has 4 aromatic rings. The summed E-state index contributed by atoms with van der Waals surface area (Å²) in [5.74, 6) is 1.05. The molecule has 8 heteroatoms. The first-order valence-corrected chi connectivity index (χ1v) is 9.91. The van der Waals surface area contributed by atoms with Gasteiger partial charge in [-0.05, 0) is 55.0 Å². The van der Waals surface area contributed by atoms with E-state index < -0.39 is 0 Å². The van der Waals surface area contributed by atoms with E-state index in [4.69, 9.17) is 4.74 Å². The second-order valence-corrected chi connectivity index (χ2v) is 7.32. The van der Waals surface area contributed by atoms with Crippen molar-refractivity contribution in [2.75, 3.05) is 12.4 Å². The summed E-state index contributed by atoms with van der Waals surface area (Å²) in [6.07, 6.45) is 2.33. The van der Waals surface area contributed by atoms with Gasteiger partial charge in [0.05, 0.1) is 7.11 Å². The molecule has 0 aliphatic rings. The van der Waals surface area contributed by atoms with Crippen molar-refractivity contribution in [1.82, 2.24) is 19.6 Å². The molecule has 0 atom stereocenters. The molecule has 4 rings (SSSR count). The number of hydrogen-bond donors (Lipinski definition) is 1. The molecule has 0 radical (unpaired) electrons. The Bertz CT molecular complexity index is 1160. The van der Waals surface area contributed by atoms with Crippen LogP contribution in [0.5, 0.6) is 5.75 Å². The number of aromatic nitrogens is 4. The van der Waals surface area contributed by atoms with Crippen LogP contribution in [0.25, 0.3) is 5.78 Å². The maximum atomic E-state index is 12.4. The van der Waals surface area contributed by atoms with Crippen LogP contribution in [0.2, 0.25) is 0 Å². The number of aryl methyl sites for hydroxylation is 1. The molecule has 2 heterocycles. The maximum Gasteiger partial charge on any atom is 0.255 e. The van der Waals surface area contributed by atoms with Crippen LogP contribution in [0, 0.1) is 0 Å². The fourth-order valence-corrected chi connectivity index (χ4v) is 3.70. The fourth-order valence-electron chi connectivity index (χ4n) is 2.78. The van der Waals surface area contributed by atoms with Crippen molar-refractivity contribution in [3.05, 3.63) is 72.2 Å². The van der Waals surface area contributed by atoms with Gasteiger partial charge in [-0.15, -0.1) is 0 Å². The van der Waals surface area contributed by atoms with Crippen molar-refractivity contribution >= 4 is 29.1 Å². The third-order valence-corrected chi connectivity index (χ3v) is 5.31. The van der Waals surface area contributed by atoms with Crippen molar-refractivity contribution < 1.29 is 9.53 Å². The molecule has 0 saturated carbocycles. The zero-order valence-electron chi connectivity index (χ0n) is 16.0. The van der Waals surface area contributed by atoms with Crippen molar-refractivity contribution in [3.63, 3.8) is 0 Å². The number of anilines is 1. The molecule has 146 valence electrons. The molecule has 29 heavy (non-hydrogen) atoms. The van der Waals surface area contributed by atoms with Crippen LogP contribution >= 0.6 is 11.8 Å². The van der Waals surface area contributed by atoms with Crippen molar-refractivity contribution in [2.45, 2.75) is 23.3 Å². The second kappa shape index (κ2) is 8.32. The number of carbonyl (C=O) groups is 1. The number of hydrogen-bond acceptors (Lipinski definition) is 6. The van der Waals surface area contributed by atoms with Gasteiger partial charge in [0.2, 0.25) is 0 Å². The summed E-state index contributed by atoms with van der Waals surface area (Å²) in [6.45, 7) is 2.06. The van der Waals surface area contributed by atoms with Gasteiger partial charge in [0, 0.05) is 21.8 Å². The Hall–Kier alpha value is -3.39. The summed E-state index contributed by atoms with van der Waals surface area (Å²) < 4.78 is 6.89. The minimum absolute atomic E-state index is 0.185. The van der Waals surface area contributed by atoms with Crippen molar-refractivity contribution in [3.8, 4) is 5.75 Å². The zero-order valence-corrected chi connectivity index (χ0v) is 16.8. The number of methoxy groups -OCH3 is 1. The van der Waals surface area contributed by atoms with Gasteiger partial charge < -0.3 is 10.1 Å². The van der Waals surface area contributed by atoms with E-state index in [1.165, 1.54) is 6.33 Å². The Morgan fingerprint density at radius 1 is 1.17 bits per heavy atom. The number of fused-ring (bicyclic) bond motifs is 1. The molecule has 1 amide bonds. The molecule has 0 fully saturated rings. The van der Waals surface area contributed by atoms with Crippen LogP contribution in [0.1, 0.15) is 23.0 Å². The number of rotatable bonds is 6. The van der Waals surface area contributed by atoms with E-state index in [2.05, 4.69) is 27.3 Å². The zero-order chi connectivity index (χ0) is 20.2. The summed E-state index contributed by atoms with van der Waals surface area (Å²) in [4.78, 5) is 22.1. The summed E-state index contributed by atoms with van der Waals surface area (Å²) in [5.41, 5.74) is 2.23. The summed E-state index contributed by atoms with van der Waals surface area (Å²) in [6, 6.07) is 16.7.